The van der Waals surface area contributed by atoms with Gasteiger partial charge in [-0.2, -0.15) is 0 Å². The Morgan fingerprint density at radius 2 is 1.93 bits per heavy atom. The van der Waals surface area contributed by atoms with Gasteiger partial charge in [-0.05, 0) is 61.7 Å². The molecular weight excluding hydrogens is 356 g/mol. The van der Waals surface area contributed by atoms with Gasteiger partial charge in [-0.1, -0.05) is 19.0 Å². The number of Topliss-reactive ketones (excluding diaryl/α,β-unsaturated/α-hetero) is 2. The van der Waals surface area contributed by atoms with E-state index in [1.807, 2.05) is 0 Å². The molecule has 4 unspecified atom stereocenters. The standard InChI is InChI=1S/C22H34N2O4/c1-21-7-5-13(24-28-10-9-23)11-17(21)14(12-25)20(27)19-15-3-4-18(26)22(15,2)8-6-16(19)21/h14-17,19,25H,3-12,23H2,1-2H3/b24-13+/t14-,15?,16?,17?,19?,21-,22+/m1/s1. The van der Waals surface area contributed by atoms with Gasteiger partial charge in [0.05, 0.1) is 12.3 Å². The minimum atomic E-state index is -0.357. The summed E-state index contributed by atoms with van der Waals surface area (Å²) in [6, 6.07) is 0. The molecule has 4 rings (SSSR count). The Balaban J connectivity index is 1.65. The van der Waals surface area contributed by atoms with E-state index in [2.05, 4.69) is 19.0 Å². The third kappa shape index (κ3) is 2.78. The normalized spacial score (nSPS) is 46.9. The second-order valence-corrected chi connectivity index (χ2v) is 9.94. The van der Waals surface area contributed by atoms with Crippen LogP contribution in [-0.2, 0) is 14.4 Å². The third-order valence-corrected chi connectivity index (χ3v) is 8.86. The number of nitrogens with zero attached hydrogens (tertiary/aromatic N) is 1. The van der Waals surface area contributed by atoms with Gasteiger partial charge in [-0.15, -0.1) is 0 Å². The van der Waals surface area contributed by atoms with Crippen LogP contribution in [0, 0.1) is 40.4 Å². The van der Waals surface area contributed by atoms with E-state index in [1.54, 1.807) is 0 Å². The fraction of sp³-hybridized carbons (Fsp3) is 0.864. The molecule has 156 valence electrons. The van der Waals surface area contributed by atoms with E-state index in [1.165, 1.54) is 0 Å². The van der Waals surface area contributed by atoms with Crippen LogP contribution in [0.4, 0.5) is 0 Å². The summed E-state index contributed by atoms with van der Waals surface area (Å²) in [5.41, 5.74) is 6.13. The van der Waals surface area contributed by atoms with Crippen molar-refractivity contribution in [1.29, 1.82) is 0 Å². The van der Waals surface area contributed by atoms with Gasteiger partial charge in [0.15, 0.2) is 0 Å². The lowest BCUT2D eigenvalue weighted by Gasteiger charge is -2.60. The number of rotatable bonds is 4. The molecule has 3 N–H and O–H groups in total. The smallest absolute Gasteiger partial charge is 0.142 e. The molecule has 4 aliphatic carbocycles. The van der Waals surface area contributed by atoms with Crippen molar-refractivity contribution in [2.24, 2.45) is 51.3 Å². The lowest BCUT2D eigenvalue weighted by Crippen LogP contribution is -2.61. The molecule has 7 atom stereocenters. The topological polar surface area (TPSA) is 102 Å². The SMILES string of the molecule is C[C@]12CC/C(=N\OCCN)CC1[C@@H](CO)C(=O)C1C2CC[C@]2(C)C(=O)CCC12. The first-order valence-electron chi connectivity index (χ1n) is 10.9. The zero-order valence-electron chi connectivity index (χ0n) is 17.2. The number of ketones is 2. The number of aliphatic hydroxyl groups is 1. The average Bonchev–Trinajstić information content (AvgIpc) is 2.98. The van der Waals surface area contributed by atoms with E-state index < -0.39 is 0 Å². The Morgan fingerprint density at radius 1 is 1.14 bits per heavy atom. The lowest BCUT2D eigenvalue weighted by atomic mass is 9.43. The van der Waals surface area contributed by atoms with E-state index in [9.17, 15) is 14.7 Å². The summed E-state index contributed by atoms with van der Waals surface area (Å²) in [5, 5.41) is 14.5. The summed E-state index contributed by atoms with van der Waals surface area (Å²) in [6.45, 7) is 5.11. The predicted molar refractivity (Wildman–Crippen MR) is 106 cm³/mol. The van der Waals surface area contributed by atoms with Gasteiger partial charge in [-0.3, -0.25) is 9.59 Å². The molecule has 6 nitrogen and oxygen atoms in total. The molecule has 0 spiro atoms. The lowest BCUT2D eigenvalue weighted by molar-refractivity contribution is -0.166. The van der Waals surface area contributed by atoms with Crippen molar-refractivity contribution in [2.75, 3.05) is 19.8 Å². The molecule has 0 amide bonds. The third-order valence-electron chi connectivity index (χ3n) is 8.86. The zero-order chi connectivity index (χ0) is 20.1. The predicted octanol–water partition coefficient (Wildman–Crippen LogP) is 2.33. The maximum Gasteiger partial charge on any atom is 0.142 e. The molecule has 0 bridgehead atoms. The highest BCUT2D eigenvalue weighted by Crippen LogP contribution is 2.65. The van der Waals surface area contributed by atoms with Crippen molar-refractivity contribution in [3.8, 4) is 0 Å². The molecule has 0 aromatic carbocycles. The van der Waals surface area contributed by atoms with Crippen molar-refractivity contribution in [1.82, 2.24) is 0 Å². The van der Waals surface area contributed by atoms with Crippen LogP contribution < -0.4 is 5.73 Å². The molecule has 0 radical (unpaired) electrons. The Bertz CT molecular complexity index is 692. The highest BCUT2D eigenvalue weighted by molar-refractivity contribution is 5.93. The van der Waals surface area contributed by atoms with Crippen LogP contribution in [0.25, 0.3) is 0 Å². The largest absolute Gasteiger partial charge is 0.396 e. The number of carbonyl (C=O) groups excluding carboxylic acids is 2. The van der Waals surface area contributed by atoms with Crippen LogP contribution >= 0.6 is 0 Å². The maximum absolute atomic E-state index is 13.6. The molecule has 28 heavy (non-hydrogen) atoms. The Labute approximate surface area is 167 Å². The van der Waals surface area contributed by atoms with E-state index >= 15 is 0 Å². The molecule has 0 aliphatic heterocycles. The summed E-state index contributed by atoms with van der Waals surface area (Å²) in [7, 11) is 0. The Morgan fingerprint density at radius 3 is 2.64 bits per heavy atom. The first-order valence-corrected chi connectivity index (χ1v) is 10.9. The van der Waals surface area contributed by atoms with Gasteiger partial charge in [0.25, 0.3) is 0 Å². The Kier molecular flexibility index (Phi) is 5.15. The van der Waals surface area contributed by atoms with Crippen molar-refractivity contribution >= 4 is 17.3 Å². The van der Waals surface area contributed by atoms with Gasteiger partial charge in [0.2, 0.25) is 0 Å². The van der Waals surface area contributed by atoms with Gasteiger partial charge in [-0.25, -0.2) is 0 Å². The molecule has 6 heteroatoms. The first kappa shape index (κ1) is 20.0. The van der Waals surface area contributed by atoms with Crippen molar-refractivity contribution in [3.63, 3.8) is 0 Å². The molecule has 0 heterocycles. The second-order valence-electron chi connectivity index (χ2n) is 9.94. The number of oxime groups is 1. The fourth-order valence-electron chi connectivity index (χ4n) is 7.24. The van der Waals surface area contributed by atoms with Gasteiger partial charge in [0, 0.05) is 30.2 Å². The number of nitrogens with two attached hydrogens (primary N) is 1. The van der Waals surface area contributed by atoms with E-state index in [-0.39, 0.29) is 46.9 Å². The molecular formula is C22H34N2O4. The molecule has 4 aliphatic rings. The molecule has 4 fully saturated rings. The average molecular weight is 391 g/mol. The van der Waals surface area contributed by atoms with Crippen LogP contribution in [0.5, 0.6) is 0 Å². The van der Waals surface area contributed by atoms with Crippen LogP contribution in [0.3, 0.4) is 0 Å². The molecule has 0 saturated heterocycles. The van der Waals surface area contributed by atoms with Crippen LogP contribution in [0.15, 0.2) is 5.16 Å². The van der Waals surface area contributed by atoms with Gasteiger partial charge < -0.3 is 15.7 Å². The monoisotopic (exact) mass is 390 g/mol. The van der Waals surface area contributed by atoms with Gasteiger partial charge in [0.1, 0.15) is 18.2 Å². The van der Waals surface area contributed by atoms with E-state index in [0.717, 1.165) is 37.8 Å². The highest BCUT2D eigenvalue weighted by atomic mass is 16.6. The maximum atomic E-state index is 13.6. The fourth-order valence-corrected chi connectivity index (χ4v) is 7.24. The molecule has 0 aromatic heterocycles. The summed E-state index contributed by atoms with van der Waals surface area (Å²) < 4.78 is 0. The second kappa shape index (κ2) is 7.21. The zero-order valence-corrected chi connectivity index (χ0v) is 17.2. The summed E-state index contributed by atoms with van der Waals surface area (Å²) >= 11 is 0. The van der Waals surface area contributed by atoms with Crippen molar-refractivity contribution in [3.05, 3.63) is 0 Å². The number of fused-ring (bicyclic) bond motifs is 5. The van der Waals surface area contributed by atoms with Crippen LogP contribution in [0.1, 0.15) is 58.8 Å². The van der Waals surface area contributed by atoms with Crippen molar-refractivity contribution < 1.29 is 19.5 Å². The summed E-state index contributed by atoms with van der Waals surface area (Å²) in [5.74, 6) is 0.669. The van der Waals surface area contributed by atoms with E-state index in [4.69, 9.17) is 10.6 Å². The quantitative estimate of drug-likeness (QED) is 0.567. The number of hydrogen-bond acceptors (Lipinski definition) is 6. The minimum Gasteiger partial charge on any atom is -0.396 e. The van der Waals surface area contributed by atoms with Gasteiger partial charge >= 0.3 is 0 Å². The molecule has 0 aromatic rings. The minimum absolute atomic E-state index is 0.00578. The summed E-state index contributed by atoms with van der Waals surface area (Å²) in [6.07, 6.45) is 5.83. The summed E-state index contributed by atoms with van der Waals surface area (Å²) in [4.78, 5) is 31.5. The number of aliphatic hydroxyl groups excluding tert-OH is 1. The highest BCUT2D eigenvalue weighted by Gasteiger charge is 2.64. The van der Waals surface area contributed by atoms with Crippen LogP contribution in [-0.4, -0.2) is 42.1 Å². The van der Waals surface area contributed by atoms with Crippen molar-refractivity contribution in [2.45, 2.75) is 58.8 Å². The van der Waals surface area contributed by atoms with Crippen LogP contribution in [0.2, 0.25) is 0 Å². The molecule has 4 saturated carbocycles. The Hall–Kier alpha value is -1.27. The number of carbonyl (C=O) groups is 2. The first-order chi connectivity index (χ1) is 13.4. The number of hydrogen-bond donors (Lipinski definition) is 2. The van der Waals surface area contributed by atoms with E-state index in [0.29, 0.717) is 37.7 Å².